The fourth-order valence-electron chi connectivity index (χ4n) is 1.40. The number of aromatic hydroxyl groups is 2. The molecule has 0 aliphatic heterocycles. The molecule has 16 heavy (non-hydrogen) atoms. The molecule has 0 fully saturated rings. The van der Waals surface area contributed by atoms with E-state index < -0.39 is 0 Å². The summed E-state index contributed by atoms with van der Waals surface area (Å²) in [5.41, 5.74) is 1.05. The van der Waals surface area contributed by atoms with Gasteiger partial charge in [0.05, 0.1) is 5.56 Å². The Bertz CT molecular complexity index is 508. The zero-order chi connectivity index (χ0) is 11.7. The van der Waals surface area contributed by atoms with Crippen LogP contribution in [0.2, 0.25) is 5.15 Å². The number of hydrogen-bond donors (Lipinski definition) is 2. The fraction of sp³-hybridized carbons (Fsp3) is 0.100. The van der Waals surface area contributed by atoms with Gasteiger partial charge in [-0.25, -0.2) is 4.98 Å². The maximum atomic E-state index is 9.75. The molecule has 84 valence electrons. The minimum absolute atomic E-state index is 0.190. The van der Waals surface area contributed by atoms with Gasteiger partial charge in [0, 0.05) is 17.8 Å². The van der Waals surface area contributed by atoms with Crippen LogP contribution in [-0.2, 0) is 0 Å². The van der Waals surface area contributed by atoms with E-state index in [9.17, 15) is 10.2 Å². The second-order valence-corrected chi connectivity index (χ2v) is 3.47. The third kappa shape index (κ3) is 1.65. The van der Waals surface area contributed by atoms with Gasteiger partial charge in [0.1, 0.15) is 12.3 Å². The summed E-state index contributed by atoms with van der Waals surface area (Å²) in [6.45, 7) is 0. The first kappa shape index (κ1) is 10.6. The topological polar surface area (TPSA) is 67.5 Å². The second kappa shape index (κ2) is 3.94. The zero-order valence-electron chi connectivity index (χ0n) is 8.38. The fourth-order valence-corrected chi connectivity index (χ4v) is 1.51. The summed E-state index contributed by atoms with van der Waals surface area (Å²) < 4.78 is 0.907. The van der Waals surface area contributed by atoms with E-state index in [1.54, 1.807) is 12.1 Å². The third-order valence-electron chi connectivity index (χ3n) is 2.14. The van der Waals surface area contributed by atoms with Crippen LogP contribution in [0.25, 0.3) is 11.1 Å². The quantitative estimate of drug-likeness (QED) is 0.784. The van der Waals surface area contributed by atoms with E-state index in [0.717, 1.165) is 4.73 Å². The molecule has 0 aliphatic rings. The number of rotatable bonds is 2. The van der Waals surface area contributed by atoms with Crippen molar-refractivity contribution in [3.8, 4) is 22.9 Å². The van der Waals surface area contributed by atoms with Gasteiger partial charge in [0.25, 0.3) is 0 Å². The van der Waals surface area contributed by atoms with Crippen molar-refractivity contribution in [2.24, 2.45) is 0 Å². The standard InChI is InChI=1S/C10H9ClN2O3/c1-16-13-9(14)4-7(10(13)15)6-2-3-8(11)12-5-6/h2-5,14-15H,1H3. The Balaban J connectivity index is 2.52. The van der Waals surface area contributed by atoms with E-state index >= 15 is 0 Å². The monoisotopic (exact) mass is 240 g/mol. The largest absolute Gasteiger partial charge is 0.492 e. The van der Waals surface area contributed by atoms with Crippen LogP contribution < -0.4 is 4.84 Å². The van der Waals surface area contributed by atoms with Gasteiger partial charge in [-0.2, -0.15) is 0 Å². The summed E-state index contributed by atoms with van der Waals surface area (Å²) >= 11 is 5.65. The van der Waals surface area contributed by atoms with Crippen molar-refractivity contribution in [1.82, 2.24) is 9.71 Å². The van der Waals surface area contributed by atoms with Crippen LogP contribution >= 0.6 is 11.6 Å². The summed E-state index contributed by atoms with van der Waals surface area (Å²) in [7, 11) is 1.34. The number of aromatic nitrogens is 2. The summed E-state index contributed by atoms with van der Waals surface area (Å²) in [6.07, 6.45) is 1.50. The summed E-state index contributed by atoms with van der Waals surface area (Å²) in [5, 5.41) is 19.6. The molecule has 0 aliphatic carbocycles. The van der Waals surface area contributed by atoms with E-state index in [2.05, 4.69) is 4.98 Å². The molecule has 2 rings (SSSR count). The van der Waals surface area contributed by atoms with Crippen LogP contribution in [0.15, 0.2) is 24.4 Å². The molecule has 0 radical (unpaired) electrons. The Morgan fingerprint density at radius 1 is 1.38 bits per heavy atom. The molecule has 0 aromatic carbocycles. The van der Waals surface area contributed by atoms with Crippen LogP contribution in [0.1, 0.15) is 0 Å². The Morgan fingerprint density at radius 3 is 2.62 bits per heavy atom. The Kier molecular flexibility index (Phi) is 2.62. The minimum Gasteiger partial charge on any atom is -0.492 e. The van der Waals surface area contributed by atoms with Crippen LogP contribution in [0.5, 0.6) is 11.8 Å². The predicted octanol–water partition coefficient (Wildman–Crippen LogP) is 1.67. The normalized spacial score (nSPS) is 10.4. The molecule has 2 heterocycles. The SMILES string of the molecule is COn1c(O)cc(-c2ccc(Cl)nc2)c1O. The maximum Gasteiger partial charge on any atom is 0.237 e. The van der Waals surface area contributed by atoms with Crippen LogP contribution in [0, 0.1) is 0 Å². The number of nitrogens with zero attached hydrogens (tertiary/aromatic N) is 2. The Hall–Kier alpha value is -1.88. The Morgan fingerprint density at radius 2 is 2.12 bits per heavy atom. The van der Waals surface area contributed by atoms with Gasteiger partial charge in [0.2, 0.25) is 11.8 Å². The van der Waals surface area contributed by atoms with Crippen molar-refractivity contribution in [3.63, 3.8) is 0 Å². The van der Waals surface area contributed by atoms with Gasteiger partial charge >= 0.3 is 0 Å². The highest BCUT2D eigenvalue weighted by atomic mass is 35.5. The lowest BCUT2D eigenvalue weighted by Crippen LogP contribution is -2.03. The zero-order valence-corrected chi connectivity index (χ0v) is 9.14. The highest BCUT2D eigenvalue weighted by molar-refractivity contribution is 6.29. The van der Waals surface area contributed by atoms with Crippen LogP contribution in [-0.4, -0.2) is 27.0 Å². The molecule has 2 aromatic rings. The molecule has 5 nitrogen and oxygen atoms in total. The predicted molar refractivity (Wildman–Crippen MR) is 58.5 cm³/mol. The number of hydrogen-bond acceptors (Lipinski definition) is 4. The van der Waals surface area contributed by atoms with Gasteiger partial charge in [-0.3, -0.25) is 0 Å². The smallest absolute Gasteiger partial charge is 0.237 e. The maximum absolute atomic E-state index is 9.75. The molecule has 0 bridgehead atoms. The minimum atomic E-state index is -0.191. The summed E-state index contributed by atoms with van der Waals surface area (Å²) in [5.74, 6) is -0.380. The first-order valence-corrected chi connectivity index (χ1v) is 4.81. The molecule has 2 N–H and O–H groups in total. The van der Waals surface area contributed by atoms with E-state index in [1.807, 2.05) is 0 Å². The van der Waals surface area contributed by atoms with Crippen LogP contribution in [0.4, 0.5) is 0 Å². The van der Waals surface area contributed by atoms with E-state index in [0.29, 0.717) is 16.3 Å². The number of pyridine rings is 1. The summed E-state index contributed by atoms with van der Waals surface area (Å²) in [6, 6.07) is 4.66. The molecule has 2 aromatic heterocycles. The molecule has 0 unspecified atom stereocenters. The van der Waals surface area contributed by atoms with Crippen molar-refractivity contribution in [2.75, 3.05) is 7.11 Å². The van der Waals surface area contributed by atoms with Crippen molar-refractivity contribution in [2.45, 2.75) is 0 Å². The molecule has 0 spiro atoms. The van der Waals surface area contributed by atoms with Gasteiger partial charge in [-0.1, -0.05) is 11.6 Å². The molecular formula is C10H9ClN2O3. The molecular weight excluding hydrogens is 232 g/mol. The Labute approximate surface area is 96.5 Å². The van der Waals surface area contributed by atoms with Crippen molar-refractivity contribution in [1.29, 1.82) is 0 Å². The molecule has 0 amide bonds. The van der Waals surface area contributed by atoms with Gasteiger partial charge in [-0.05, 0) is 12.1 Å². The molecule has 6 heteroatoms. The van der Waals surface area contributed by atoms with Crippen molar-refractivity contribution < 1.29 is 15.1 Å². The molecule has 0 saturated heterocycles. The first-order chi connectivity index (χ1) is 7.63. The van der Waals surface area contributed by atoms with Gasteiger partial charge in [0.15, 0.2) is 0 Å². The van der Waals surface area contributed by atoms with E-state index in [-0.39, 0.29) is 11.8 Å². The lowest BCUT2D eigenvalue weighted by atomic mass is 10.1. The van der Waals surface area contributed by atoms with Crippen molar-refractivity contribution >= 4 is 11.6 Å². The third-order valence-corrected chi connectivity index (χ3v) is 2.36. The lowest BCUT2D eigenvalue weighted by molar-refractivity contribution is 0.120. The molecule has 0 saturated carbocycles. The van der Waals surface area contributed by atoms with E-state index in [1.165, 1.54) is 19.4 Å². The van der Waals surface area contributed by atoms with Gasteiger partial charge in [-0.15, -0.1) is 4.73 Å². The average Bonchev–Trinajstić information content (AvgIpc) is 2.55. The van der Waals surface area contributed by atoms with Gasteiger partial charge < -0.3 is 15.1 Å². The van der Waals surface area contributed by atoms with Crippen LogP contribution in [0.3, 0.4) is 0 Å². The highest BCUT2D eigenvalue weighted by Gasteiger charge is 2.15. The lowest BCUT2D eigenvalue weighted by Gasteiger charge is -2.03. The van der Waals surface area contributed by atoms with Crippen molar-refractivity contribution in [3.05, 3.63) is 29.5 Å². The number of halogens is 1. The highest BCUT2D eigenvalue weighted by Crippen LogP contribution is 2.34. The summed E-state index contributed by atoms with van der Waals surface area (Å²) in [4.78, 5) is 8.66. The second-order valence-electron chi connectivity index (χ2n) is 3.09. The average molecular weight is 241 g/mol. The molecule has 0 atom stereocenters. The first-order valence-electron chi connectivity index (χ1n) is 4.43. The van der Waals surface area contributed by atoms with E-state index in [4.69, 9.17) is 16.4 Å².